The van der Waals surface area contributed by atoms with Gasteiger partial charge in [-0.25, -0.2) is 18.0 Å². The van der Waals surface area contributed by atoms with Gasteiger partial charge in [-0.2, -0.15) is 4.31 Å². The van der Waals surface area contributed by atoms with Crippen LogP contribution in [0.4, 0.5) is 0 Å². The Kier molecular flexibility index (Phi) is 8.22. The van der Waals surface area contributed by atoms with E-state index in [2.05, 4.69) is 9.47 Å². The van der Waals surface area contributed by atoms with Crippen molar-refractivity contribution < 1.29 is 27.5 Å². The molecule has 1 aromatic rings. The summed E-state index contributed by atoms with van der Waals surface area (Å²) in [6.45, 7) is 2.51. The van der Waals surface area contributed by atoms with Gasteiger partial charge in [0.15, 0.2) is 0 Å². The highest BCUT2D eigenvalue weighted by molar-refractivity contribution is 7.89. The van der Waals surface area contributed by atoms with Crippen LogP contribution >= 0.6 is 12.4 Å². The Bertz CT molecular complexity index is 789. The zero-order valence-corrected chi connectivity index (χ0v) is 17.1. The molecule has 152 valence electrons. The number of hydrogen-bond acceptors (Lipinski definition) is 7. The van der Waals surface area contributed by atoms with Crippen LogP contribution in [0.1, 0.15) is 40.5 Å². The smallest absolute Gasteiger partial charge is 0.339 e. The highest BCUT2D eigenvalue weighted by Gasteiger charge is 2.34. The van der Waals surface area contributed by atoms with Crippen molar-refractivity contribution in [3.63, 3.8) is 0 Å². The number of carbonyl (C=O) groups excluding carboxylic acids is 2. The quantitative estimate of drug-likeness (QED) is 0.716. The molecule has 0 spiro atoms. The van der Waals surface area contributed by atoms with Crippen molar-refractivity contribution in [2.24, 2.45) is 11.7 Å². The molecule has 1 aliphatic rings. The second-order valence-electron chi connectivity index (χ2n) is 6.29. The van der Waals surface area contributed by atoms with Gasteiger partial charge in [-0.05, 0) is 43.9 Å². The minimum Gasteiger partial charge on any atom is -0.465 e. The highest BCUT2D eigenvalue weighted by atomic mass is 35.5. The van der Waals surface area contributed by atoms with Crippen LogP contribution < -0.4 is 5.73 Å². The number of methoxy groups -OCH3 is 2. The Morgan fingerprint density at radius 2 is 1.70 bits per heavy atom. The fraction of sp³-hybridized carbons (Fsp3) is 0.529. The summed E-state index contributed by atoms with van der Waals surface area (Å²) in [5.41, 5.74) is 5.83. The molecule has 0 aromatic heterocycles. The summed E-state index contributed by atoms with van der Waals surface area (Å²) in [6, 6.07) is 3.75. The van der Waals surface area contributed by atoms with E-state index in [-0.39, 0.29) is 40.4 Å². The van der Waals surface area contributed by atoms with Gasteiger partial charge in [0.1, 0.15) is 0 Å². The van der Waals surface area contributed by atoms with Gasteiger partial charge in [0, 0.05) is 19.1 Å². The molecule has 1 unspecified atom stereocenters. The van der Waals surface area contributed by atoms with Crippen molar-refractivity contribution >= 4 is 34.4 Å². The third-order valence-corrected chi connectivity index (χ3v) is 6.61. The molecule has 1 atom stereocenters. The molecule has 1 fully saturated rings. The van der Waals surface area contributed by atoms with Crippen LogP contribution in [0.2, 0.25) is 0 Å². The summed E-state index contributed by atoms with van der Waals surface area (Å²) in [7, 11) is -1.61. The zero-order chi connectivity index (χ0) is 19.5. The van der Waals surface area contributed by atoms with Gasteiger partial charge in [-0.1, -0.05) is 0 Å². The van der Waals surface area contributed by atoms with E-state index in [0.717, 1.165) is 6.07 Å². The Labute approximate surface area is 165 Å². The summed E-state index contributed by atoms with van der Waals surface area (Å²) in [6.07, 6.45) is 1.28. The van der Waals surface area contributed by atoms with Crippen LogP contribution in [0.5, 0.6) is 0 Å². The van der Waals surface area contributed by atoms with E-state index < -0.39 is 22.0 Å². The lowest BCUT2D eigenvalue weighted by molar-refractivity contribution is 0.0583. The molecule has 2 rings (SSSR count). The van der Waals surface area contributed by atoms with Crippen LogP contribution in [0.15, 0.2) is 23.1 Å². The molecule has 27 heavy (non-hydrogen) atoms. The molecule has 1 aromatic carbocycles. The number of rotatable bonds is 5. The molecule has 10 heteroatoms. The number of hydrogen-bond donors (Lipinski definition) is 1. The first-order valence-corrected chi connectivity index (χ1v) is 9.72. The van der Waals surface area contributed by atoms with E-state index in [1.807, 2.05) is 6.92 Å². The number of benzene rings is 1. The molecule has 0 radical (unpaired) electrons. The number of nitrogens with zero attached hydrogens (tertiary/aromatic N) is 1. The number of piperidine rings is 1. The maximum Gasteiger partial charge on any atom is 0.339 e. The van der Waals surface area contributed by atoms with Gasteiger partial charge in [-0.3, -0.25) is 0 Å². The second kappa shape index (κ2) is 9.50. The Hall–Kier alpha value is -1.68. The molecule has 1 heterocycles. The Morgan fingerprint density at radius 3 is 2.19 bits per heavy atom. The molecular weight excluding hydrogens is 396 g/mol. The van der Waals surface area contributed by atoms with Crippen LogP contribution in [0, 0.1) is 5.92 Å². The molecule has 0 amide bonds. The Balaban J connectivity index is 0.00000364. The van der Waals surface area contributed by atoms with Crippen LogP contribution in [-0.4, -0.2) is 58.0 Å². The molecule has 1 saturated heterocycles. The Morgan fingerprint density at radius 1 is 1.15 bits per heavy atom. The van der Waals surface area contributed by atoms with Crippen molar-refractivity contribution in [1.82, 2.24) is 4.31 Å². The van der Waals surface area contributed by atoms with E-state index in [4.69, 9.17) is 5.73 Å². The van der Waals surface area contributed by atoms with Gasteiger partial charge in [0.05, 0.1) is 30.2 Å². The highest BCUT2D eigenvalue weighted by Crippen LogP contribution is 2.28. The average molecular weight is 421 g/mol. The third-order valence-electron chi connectivity index (χ3n) is 4.67. The van der Waals surface area contributed by atoms with E-state index in [0.29, 0.717) is 25.9 Å². The van der Waals surface area contributed by atoms with Gasteiger partial charge >= 0.3 is 11.9 Å². The third kappa shape index (κ3) is 4.98. The molecule has 0 aliphatic carbocycles. The monoisotopic (exact) mass is 420 g/mol. The molecule has 1 aliphatic heterocycles. The zero-order valence-electron chi connectivity index (χ0n) is 15.5. The fourth-order valence-corrected chi connectivity index (χ4v) is 4.72. The van der Waals surface area contributed by atoms with Crippen molar-refractivity contribution in [1.29, 1.82) is 0 Å². The summed E-state index contributed by atoms with van der Waals surface area (Å²) in [5.74, 6) is -1.22. The van der Waals surface area contributed by atoms with E-state index in [1.165, 1.54) is 30.7 Å². The van der Waals surface area contributed by atoms with Crippen LogP contribution in [0.25, 0.3) is 0 Å². The SMILES string of the molecule is COC(=O)c1ccc(C(=O)OC)c(S(=O)(=O)N2CCC(C(C)N)CC2)c1.Cl. The van der Waals surface area contributed by atoms with E-state index >= 15 is 0 Å². The molecule has 0 bridgehead atoms. The van der Waals surface area contributed by atoms with Gasteiger partial charge in [-0.15, -0.1) is 12.4 Å². The topological polar surface area (TPSA) is 116 Å². The van der Waals surface area contributed by atoms with Crippen molar-refractivity contribution in [3.8, 4) is 0 Å². The van der Waals surface area contributed by atoms with Crippen LogP contribution in [0.3, 0.4) is 0 Å². The summed E-state index contributed by atoms with van der Waals surface area (Å²) >= 11 is 0. The maximum absolute atomic E-state index is 13.1. The normalized spacial score (nSPS) is 16.9. The van der Waals surface area contributed by atoms with Crippen molar-refractivity contribution in [3.05, 3.63) is 29.3 Å². The molecule has 0 saturated carbocycles. The molecule has 8 nitrogen and oxygen atoms in total. The first-order valence-electron chi connectivity index (χ1n) is 8.28. The van der Waals surface area contributed by atoms with E-state index in [9.17, 15) is 18.0 Å². The molecule has 2 N–H and O–H groups in total. The number of sulfonamides is 1. The standard InChI is InChI=1S/C17H24N2O6S.ClH/c1-11(18)12-6-8-19(9-7-12)26(22,23)15-10-13(16(20)24-2)4-5-14(15)17(21)25-3;/h4-5,10-12H,6-9,18H2,1-3H3;1H. The minimum absolute atomic E-state index is 0. The lowest BCUT2D eigenvalue weighted by Crippen LogP contribution is -2.42. The largest absolute Gasteiger partial charge is 0.465 e. The second-order valence-corrected chi connectivity index (χ2v) is 8.20. The summed E-state index contributed by atoms with van der Waals surface area (Å²) < 4.78 is 36.8. The van der Waals surface area contributed by atoms with Gasteiger partial charge in [0.25, 0.3) is 0 Å². The average Bonchev–Trinajstić information content (AvgIpc) is 2.66. The van der Waals surface area contributed by atoms with Crippen molar-refractivity contribution in [2.45, 2.75) is 30.7 Å². The fourth-order valence-electron chi connectivity index (χ4n) is 3.04. The maximum atomic E-state index is 13.1. The lowest BCUT2D eigenvalue weighted by atomic mass is 9.92. The predicted octanol–water partition coefficient (Wildman–Crippen LogP) is 1.43. The lowest BCUT2D eigenvalue weighted by Gasteiger charge is -2.33. The number of carbonyl (C=O) groups is 2. The van der Waals surface area contributed by atoms with Crippen LogP contribution in [-0.2, 0) is 19.5 Å². The predicted molar refractivity (Wildman–Crippen MR) is 102 cm³/mol. The number of ether oxygens (including phenoxy) is 2. The number of nitrogens with two attached hydrogens (primary N) is 1. The first-order chi connectivity index (χ1) is 12.2. The van der Waals surface area contributed by atoms with E-state index in [1.54, 1.807) is 0 Å². The number of esters is 2. The molecular formula is C17H25ClN2O6S. The van der Waals surface area contributed by atoms with Crippen molar-refractivity contribution in [2.75, 3.05) is 27.3 Å². The summed E-state index contributed by atoms with van der Waals surface area (Å²) in [4.78, 5) is 23.5. The van der Waals surface area contributed by atoms with Gasteiger partial charge < -0.3 is 15.2 Å². The number of halogens is 1. The van der Waals surface area contributed by atoms with Gasteiger partial charge in [0.2, 0.25) is 10.0 Å². The summed E-state index contributed by atoms with van der Waals surface area (Å²) in [5, 5.41) is 0. The minimum atomic E-state index is -3.98. The first kappa shape index (κ1) is 23.4.